The third-order valence-corrected chi connectivity index (χ3v) is 5.52. The van der Waals surface area contributed by atoms with Crippen molar-refractivity contribution in [2.75, 3.05) is 39.5 Å². The van der Waals surface area contributed by atoms with Crippen LogP contribution in [0.5, 0.6) is 5.75 Å². The van der Waals surface area contributed by atoms with Crippen LogP contribution in [0.15, 0.2) is 84.9 Å². The Labute approximate surface area is 203 Å². The second kappa shape index (κ2) is 13.2. The monoisotopic (exact) mass is 457 g/mol. The number of hydrogen-bond acceptors (Lipinski definition) is 4. The van der Waals surface area contributed by atoms with Gasteiger partial charge in [0.2, 0.25) is 5.91 Å². The first-order valence-electron chi connectivity index (χ1n) is 11.7. The van der Waals surface area contributed by atoms with Crippen LogP contribution < -0.4 is 10.5 Å². The van der Waals surface area contributed by atoms with E-state index >= 15 is 0 Å². The highest BCUT2D eigenvalue weighted by atomic mass is 16.5. The van der Waals surface area contributed by atoms with Crippen LogP contribution in [0.1, 0.15) is 23.1 Å². The molecule has 5 nitrogen and oxygen atoms in total. The normalized spacial score (nSPS) is 11.1. The third-order valence-electron chi connectivity index (χ3n) is 5.52. The Morgan fingerprint density at radius 2 is 1.62 bits per heavy atom. The lowest BCUT2D eigenvalue weighted by atomic mass is 10.1. The number of carbonyl (C=O) groups excluding carboxylic acids is 1. The van der Waals surface area contributed by atoms with Crippen molar-refractivity contribution < 1.29 is 9.53 Å². The quantitative estimate of drug-likeness (QED) is 0.239. The summed E-state index contributed by atoms with van der Waals surface area (Å²) in [5.41, 5.74) is 9.71. The summed E-state index contributed by atoms with van der Waals surface area (Å²) in [5, 5.41) is 0. The average molecular weight is 458 g/mol. The molecule has 0 saturated carbocycles. The van der Waals surface area contributed by atoms with Gasteiger partial charge in [-0.2, -0.15) is 0 Å². The van der Waals surface area contributed by atoms with Gasteiger partial charge >= 0.3 is 0 Å². The molecule has 3 aromatic rings. The van der Waals surface area contributed by atoms with Gasteiger partial charge in [-0.1, -0.05) is 60.7 Å². The number of nitrogens with zero attached hydrogens (tertiary/aromatic N) is 2. The zero-order valence-corrected chi connectivity index (χ0v) is 20.2. The largest absolute Gasteiger partial charge is 0.493 e. The molecule has 0 unspecified atom stereocenters. The molecule has 0 radical (unpaired) electrons. The molecule has 0 fully saturated rings. The van der Waals surface area contributed by atoms with Gasteiger partial charge in [0.25, 0.3) is 0 Å². The SMILES string of the molecule is CN(C)CCCOc1ccccc1CN(CCc1ccc(N)cc1)C(=O)/C=C/c1ccccc1. The van der Waals surface area contributed by atoms with Crippen LogP contribution in [0, 0.1) is 0 Å². The van der Waals surface area contributed by atoms with Gasteiger partial charge in [0.05, 0.1) is 6.61 Å². The highest BCUT2D eigenvalue weighted by Crippen LogP contribution is 2.21. The molecule has 0 aliphatic carbocycles. The van der Waals surface area contributed by atoms with Crippen molar-refractivity contribution in [2.45, 2.75) is 19.4 Å². The van der Waals surface area contributed by atoms with E-state index in [2.05, 4.69) is 19.0 Å². The number of para-hydroxylation sites is 1. The molecule has 178 valence electrons. The minimum Gasteiger partial charge on any atom is -0.493 e. The van der Waals surface area contributed by atoms with E-state index in [-0.39, 0.29) is 5.91 Å². The number of rotatable bonds is 12. The third kappa shape index (κ3) is 8.41. The lowest BCUT2D eigenvalue weighted by molar-refractivity contribution is -0.126. The van der Waals surface area contributed by atoms with Gasteiger partial charge < -0.3 is 20.3 Å². The maximum absolute atomic E-state index is 13.2. The molecule has 1 amide bonds. The standard InChI is InChI=1S/C29H35N3O2/c1-31(2)20-8-22-34-28-12-7-6-11-26(28)23-32(21-19-25-13-16-27(30)17-14-25)29(33)18-15-24-9-4-3-5-10-24/h3-7,9-18H,8,19-23,30H2,1-2H3/b18-15+. The number of carbonyl (C=O) groups is 1. The Morgan fingerprint density at radius 1 is 0.912 bits per heavy atom. The van der Waals surface area contributed by atoms with Crippen molar-refractivity contribution in [2.24, 2.45) is 0 Å². The van der Waals surface area contributed by atoms with E-state index in [4.69, 9.17) is 10.5 Å². The highest BCUT2D eigenvalue weighted by molar-refractivity contribution is 5.91. The second-order valence-corrected chi connectivity index (χ2v) is 8.61. The van der Waals surface area contributed by atoms with E-state index in [1.54, 1.807) is 6.08 Å². The maximum Gasteiger partial charge on any atom is 0.246 e. The van der Waals surface area contributed by atoms with E-state index in [9.17, 15) is 4.79 Å². The Balaban J connectivity index is 1.73. The van der Waals surface area contributed by atoms with Crippen LogP contribution in [0.3, 0.4) is 0 Å². The smallest absolute Gasteiger partial charge is 0.246 e. The molecule has 5 heteroatoms. The number of nitrogen functional groups attached to an aromatic ring is 1. The summed E-state index contributed by atoms with van der Waals surface area (Å²) < 4.78 is 6.08. The van der Waals surface area contributed by atoms with Crippen molar-refractivity contribution in [3.63, 3.8) is 0 Å². The maximum atomic E-state index is 13.2. The van der Waals surface area contributed by atoms with Gasteiger partial charge in [-0.25, -0.2) is 0 Å². The van der Waals surface area contributed by atoms with Crippen LogP contribution >= 0.6 is 0 Å². The average Bonchev–Trinajstić information content (AvgIpc) is 2.85. The zero-order valence-electron chi connectivity index (χ0n) is 20.2. The number of amides is 1. The topological polar surface area (TPSA) is 58.8 Å². The first-order chi connectivity index (χ1) is 16.5. The van der Waals surface area contributed by atoms with Crippen LogP contribution in [-0.4, -0.2) is 49.5 Å². The van der Waals surface area contributed by atoms with Crippen LogP contribution in [0.25, 0.3) is 6.08 Å². The summed E-state index contributed by atoms with van der Waals surface area (Å²) in [4.78, 5) is 17.2. The minimum atomic E-state index is -0.0262. The van der Waals surface area contributed by atoms with Crippen LogP contribution in [-0.2, 0) is 17.8 Å². The molecular weight excluding hydrogens is 422 g/mol. The van der Waals surface area contributed by atoms with Crippen LogP contribution in [0.4, 0.5) is 5.69 Å². The lowest BCUT2D eigenvalue weighted by Crippen LogP contribution is -2.31. The van der Waals surface area contributed by atoms with Crippen LogP contribution in [0.2, 0.25) is 0 Å². The van der Waals surface area contributed by atoms with Crippen molar-refractivity contribution in [3.8, 4) is 5.75 Å². The van der Waals surface area contributed by atoms with Crippen molar-refractivity contribution in [3.05, 3.63) is 102 Å². The predicted octanol–water partition coefficient (Wildman–Crippen LogP) is 4.88. The zero-order chi connectivity index (χ0) is 24.2. The first kappa shape index (κ1) is 25.1. The molecule has 0 saturated heterocycles. The molecule has 34 heavy (non-hydrogen) atoms. The fourth-order valence-corrected chi connectivity index (χ4v) is 3.60. The molecule has 0 spiro atoms. The molecule has 3 aromatic carbocycles. The van der Waals surface area contributed by atoms with Gasteiger partial charge in [-0.3, -0.25) is 4.79 Å². The van der Waals surface area contributed by atoms with E-state index in [0.717, 1.165) is 47.5 Å². The number of anilines is 1. The summed E-state index contributed by atoms with van der Waals surface area (Å²) in [6, 6.07) is 25.7. The summed E-state index contributed by atoms with van der Waals surface area (Å²) >= 11 is 0. The number of benzene rings is 3. The minimum absolute atomic E-state index is 0.0262. The molecule has 0 aliphatic heterocycles. The van der Waals surface area contributed by atoms with E-state index in [1.807, 2.05) is 89.8 Å². The van der Waals surface area contributed by atoms with Crippen molar-refractivity contribution >= 4 is 17.7 Å². The number of ether oxygens (including phenoxy) is 1. The molecule has 0 atom stereocenters. The Kier molecular flexibility index (Phi) is 9.74. The number of nitrogens with two attached hydrogens (primary N) is 1. The second-order valence-electron chi connectivity index (χ2n) is 8.61. The summed E-state index contributed by atoms with van der Waals surface area (Å²) in [6.45, 7) is 2.69. The predicted molar refractivity (Wildman–Crippen MR) is 141 cm³/mol. The van der Waals surface area contributed by atoms with Gasteiger partial charge in [0, 0.05) is 37.0 Å². The van der Waals surface area contributed by atoms with E-state index < -0.39 is 0 Å². The molecule has 0 aliphatic rings. The Hall–Kier alpha value is -3.57. The lowest BCUT2D eigenvalue weighted by Gasteiger charge is -2.23. The van der Waals surface area contributed by atoms with Gasteiger partial charge in [-0.15, -0.1) is 0 Å². The fourth-order valence-electron chi connectivity index (χ4n) is 3.60. The summed E-state index contributed by atoms with van der Waals surface area (Å²) in [7, 11) is 4.11. The molecular formula is C29H35N3O2. The molecule has 2 N–H and O–H groups in total. The van der Waals surface area contributed by atoms with Gasteiger partial charge in [-0.05, 0) is 62.3 Å². The molecule has 0 bridgehead atoms. The fraction of sp³-hybridized carbons (Fsp3) is 0.276. The summed E-state index contributed by atoms with van der Waals surface area (Å²) in [6.07, 6.45) is 5.21. The Morgan fingerprint density at radius 3 is 2.35 bits per heavy atom. The summed E-state index contributed by atoms with van der Waals surface area (Å²) in [5.74, 6) is 0.806. The van der Waals surface area contributed by atoms with Gasteiger partial charge in [0.1, 0.15) is 5.75 Å². The molecule has 0 heterocycles. The van der Waals surface area contributed by atoms with Crippen molar-refractivity contribution in [1.29, 1.82) is 0 Å². The van der Waals surface area contributed by atoms with E-state index in [1.165, 1.54) is 0 Å². The Bertz CT molecular complexity index is 1050. The first-order valence-corrected chi connectivity index (χ1v) is 11.7. The molecule has 3 rings (SSSR count). The highest BCUT2D eigenvalue weighted by Gasteiger charge is 2.14. The molecule has 0 aromatic heterocycles. The van der Waals surface area contributed by atoms with Gasteiger partial charge in [0.15, 0.2) is 0 Å². The number of hydrogen-bond donors (Lipinski definition) is 1. The van der Waals surface area contributed by atoms with Crippen molar-refractivity contribution in [1.82, 2.24) is 9.80 Å². The van der Waals surface area contributed by atoms with E-state index in [0.29, 0.717) is 19.7 Å².